The molecule has 2 aromatic heterocycles. The Morgan fingerprint density at radius 3 is 2.65 bits per heavy atom. The van der Waals surface area contributed by atoms with Crippen LogP contribution in [0.15, 0.2) is 6.20 Å². The van der Waals surface area contributed by atoms with Crippen LogP contribution < -0.4 is 5.73 Å². The summed E-state index contributed by atoms with van der Waals surface area (Å²) in [6.45, 7) is 7.02. The predicted octanol–water partition coefficient (Wildman–Crippen LogP) is 2.54. The molecule has 110 valence electrons. The summed E-state index contributed by atoms with van der Waals surface area (Å²) >= 11 is 6.24. The zero-order chi connectivity index (χ0) is 14.9. The smallest absolute Gasteiger partial charge is 0.0834 e. The Morgan fingerprint density at radius 1 is 1.40 bits per heavy atom. The topological polar surface area (TPSA) is 61.7 Å². The Morgan fingerprint density at radius 2 is 2.10 bits per heavy atom. The van der Waals surface area contributed by atoms with Crippen molar-refractivity contribution in [1.29, 1.82) is 0 Å². The molecule has 0 amide bonds. The molecule has 0 saturated carbocycles. The number of hydrogen-bond donors (Lipinski definition) is 1. The van der Waals surface area contributed by atoms with Gasteiger partial charge in [-0.2, -0.15) is 10.2 Å². The predicted molar refractivity (Wildman–Crippen MR) is 80.8 cm³/mol. The summed E-state index contributed by atoms with van der Waals surface area (Å²) in [5.41, 5.74) is 10.7. The van der Waals surface area contributed by atoms with Crippen LogP contribution in [-0.4, -0.2) is 19.6 Å². The van der Waals surface area contributed by atoms with Crippen LogP contribution in [0.25, 0.3) is 0 Å². The van der Waals surface area contributed by atoms with Crippen molar-refractivity contribution < 1.29 is 0 Å². The second-order valence-corrected chi connectivity index (χ2v) is 5.59. The number of hydrogen-bond acceptors (Lipinski definition) is 3. The summed E-state index contributed by atoms with van der Waals surface area (Å²) < 4.78 is 3.80. The lowest BCUT2D eigenvalue weighted by Crippen LogP contribution is -2.19. The van der Waals surface area contributed by atoms with Crippen LogP contribution >= 0.6 is 11.6 Å². The second-order valence-electron chi connectivity index (χ2n) is 5.18. The molecule has 20 heavy (non-hydrogen) atoms. The van der Waals surface area contributed by atoms with E-state index in [1.54, 1.807) is 6.20 Å². The van der Waals surface area contributed by atoms with Gasteiger partial charge in [0.05, 0.1) is 28.6 Å². The first-order valence-electron chi connectivity index (χ1n) is 6.91. The van der Waals surface area contributed by atoms with E-state index < -0.39 is 0 Å². The molecule has 0 radical (unpaired) electrons. The van der Waals surface area contributed by atoms with Gasteiger partial charge in [0.25, 0.3) is 0 Å². The van der Waals surface area contributed by atoms with E-state index in [0.29, 0.717) is 5.02 Å². The molecule has 0 aliphatic carbocycles. The van der Waals surface area contributed by atoms with Crippen molar-refractivity contribution in [1.82, 2.24) is 19.6 Å². The maximum atomic E-state index is 6.37. The molecule has 2 heterocycles. The molecule has 0 aliphatic rings. The van der Waals surface area contributed by atoms with Crippen LogP contribution in [0, 0.1) is 13.8 Å². The fraction of sp³-hybridized carbons (Fsp3) is 0.571. The van der Waals surface area contributed by atoms with Crippen LogP contribution in [0.3, 0.4) is 0 Å². The van der Waals surface area contributed by atoms with Crippen LogP contribution in [0.5, 0.6) is 0 Å². The van der Waals surface area contributed by atoms with Crippen molar-refractivity contribution in [2.75, 3.05) is 0 Å². The fourth-order valence-corrected chi connectivity index (χ4v) is 2.84. The number of aryl methyl sites for hydroxylation is 3. The van der Waals surface area contributed by atoms with Gasteiger partial charge in [0, 0.05) is 19.3 Å². The SMILES string of the molecule is CCCn1ncc(Cl)c1C(N)Cc1c(C)nn(C)c1C. The van der Waals surface area contributed by atoms with Crippen LogP contribution in [-0.2, 0) is 20.0 Å². The number of nitrogens with zero attached hydrogens (tertiary/aromatic N) is 4. The normalized spacial score (nSPS) is 12.9. The van der Waals surface area contributed by atoms with E-state index >= 15 is 0 Å². The molecule has 2 N–H and O–H groups in total. The first kappa shape index (κ1) is 15.1. The van der Waals surface area contributed by atoms with Gasteiger partial charge in [-0.1, -0.05) is 18.5 Å². The van der Waals surface area contributed by atoms with Crippen LogP contribution in [0.4, 0.5) is 0 Å². The van der Waals surface area contributed by atoms with Crippen LogP contribution in [0.2, 0.25) is 5.02 Å². The van der Waals surface area contributed by atoms with Gasteiger partial charge >= 0.3 is 0 Å². The van der Waals surface area contributed by atoms with Crippen molar-refractivity contribution >= 4 is 11.6 Å². The van der Waals surface area contributed by atoms with E-state index in [1.807, 2.05) is 23.3 Å². The highest BCUT2D eigenvalue weighted by molar-refractivity contribution is 6.31. The summed E-state index contributed by atoms with van der Waals surface area (Å²) in [5.74, 6) is 0. The highest BCUT2D eigenvalue weighted by Crippen LogP contribution is 2.26. The highest BCUT2D eigenvalue weighted by Gasteiger charge is 2.20. The summed E-state index contributed by atoms with van der Waals surface area (Å²) in [6.07, 6.45) is 3.40. The summed E-state index contributed by atoms with van der Waals surface area (Å²) in [4.78, 5) is 0. The van der Waals surface area contributed by atoms with Gasteiger partial charge in [-0.25, -0.2) is 0 Å². The summed E-state index contributed by atoms with van der Waals surface area (Å²) in [5, 5.41) is 9.38. The van der Waals surface area contributed by atoms with Crippen molar-refractivity contribution in [2.45, 2.75) is 46.2 Å². The molecule has 1 atom stereocenters. The summed E-state index contributed by atoms with van der Waals surface area (Å²) in [6, 6.07) is -0.168. The maximum Gasteiger partial charge on any atom is 0.0834 e. The minimum Gasteiger partial charge on any atom is -0.322 e. The standard InChI is InChI=1S/C14H22ClN5/c1-5-6-20-14(12(15)8-17-20)13(16)7-11-9(2)18-19(4)10(11)3/h8,13H,5-7,16H2,1-4H3. The molecule has 0 aromatic carbocycles. The molecule has 0 bridgehead atoms. The minimum absolute atomic E-state index is 0.168. The third-order valence-corrected chi connectivity index (χ3v) is 3.99. The molecule has 0 saturated heterocycles. The Bertz CT molecular complexity index is 599. The minimum atomic E-state index is -0.168. The summed E-state index contributed by atoms with van der Waals surface area (Å²) in [7, 11) is 1.95. The first-order chi connectivity index (χ1) is 9.45. The third-order valence-electron chi connectivity index (χ3n) is 3.70. The van der Waals surface area contributed by atoms with Crippen molar-refractivity contribution in [3.05, 3.63) is 33.9 Å². The van der Waals surface area contributed by atoms with E-state index in [1.165, 1.54) is 5.56 Å². The molecular formula is C14H22ClN5. The molecule has 1 unspecified atom stereocenters. The molecule has 0 fully saturated rings. The molecule has 0 spiro atoms. The molecule has 2 rings (SSSR count). The van der Waals surface area contributed by atoms with Crippen LogP contribution in [0.1, 0.15) is 42.0 Å². The monoisotopic (exact) mass is 295 g/mol. The van der Waals surface area contributed by atoms with Crippen molar-refractivity contribution in [2.24, 2.45) is 12.8 Å². The van der Waals surface area contributed by atoms with E-state index in [2.05, 4.69) is 24.0 Å². The van der Waals surface area contributed by atoms with E-state index in [-0.39, 0.29) is 6.04 Å². The molecule has 0 aliphatic heterocycles. The average molecular weight is 296 g/mol. The molecule has 6 heteroatoms. The molecular weight excluding hydrogens is 274 g/mol. The van der Waals surface area contributed by atoms with Gasteiger partial charge in [0.1, 0.15) is 0 Å². The van der Waals surface area contributed by atoms with E-state index in [0.717, 1.165) is 36.5 Å². The van der Waals surface area contributed by atoms with Gasteiger partial charge < -0.3 is 5.73 Å². The lowest BCUT2D eigenvalue weighted by atomic mass is 10.0. The zero-order valence-electron chi connectivity index (χ0n) is 12.5. The lowest BCUT2D eigenvalue weighted by molar-refractivity contribution is 0.537. The van der Waals surface area contributed by atoms with E-state index in [4.69, 9.17) is 17.3 Å². The Kier molecular flexibility index (Phi) is 4.50. The molecule has 5 nitrogen and oxygen atoms in total. The Labute approximate surface area is 124 Å². The fourth-order valence-electron chi connectivity index (χ4n) is 2.56. The third kappa shape index (κ3) is 2.74. The highest BCUT2D eigenvalue weighted by atomic mass is 35.5. The quantitative estimate of drug-likeness (QED) is 0.922. The van der Waals surface area contributed by atoms with Gasteiger partial charge in [-0.05, 0) is 32.3 Å². The Balaban J connectivity index is 2.28. The van der Waals surface area contributed by atoms with Crippen molar-refractivity contribution in [3.8, 4) is 0 Å². The molecule has 2 aromatic rings. The van der Waals surface area contributed by atoms with Crippen molar-refractivity contribution in [3.63, 3.8) is 0 Å². The lowest BCUT2D eigenvalue weighted by Gasteiger charge is -2.15. The zero-order valence-corrected chi connectivity index (χ0v) is 13.3. The number of halogens is 1. The maximum absolute atomic E-state index is 6.37. The van der Waals surface area contributed by atoms with Gasteiger partial charge in [-0.3, -0.25) is 9.36 Å². The average Bonchev–Trinajstić information content (AvgIpc) is 2.86. The largest absolute Gasteiger partial charge is 0.322 e. The van der Waals surface area contributed by atoms with E-state index in [9.17, 15) is 0 Å². The number of aromatic nitrogens is 4. The Hall–Kier alpha value is -1.33. The van der Waals surface area contributed by atoms with Gasteiger partial charge in [0.2, 0.25) is 0 Å². The first-order valence-corrected chi connectivity index (χ1v) is 7.29. The van der Waals surface area contributed by atoms with Gasteiger partial charge in [-0.15, -0.1) is 0 Å². The number of nitrogens with two attached hydrogens (primary N) is 1. The van der Waals surface area contributed by atoms with Gasteiger partial charge in [0.15, 0.2) is 0 Å². The second kappa shape index (κ2) is 5.97. The number of rotatable bonds is 5.